The molecule has 4 aromatic rings. The molecule has 1 amide bonds. The Morgan fingerprint density at radius 3 is 2.77 bits per heavy atom. The zero-order valence-corrected chi connectivity index (χ0v) is 19.4. The summed E-state index contributed by atoms with van der Waals surface area (Å²) in [5.41, 5.74) is 8.14. The van der Waals surface area contributed by atoms with E-state index in [1.165, 1.54) is 0 Å². The van der Waals surface area contributed by atoms with Crippen LogP contribution in [0.3, 0.4) is 0 Å². The third-order valence-corrected chi connectivity index (χ3v) is 5.94. The molecule has 0 bridgehead atoms. The van der Waals surface area contributed by atoms with E-state index >= 15 is 0 Å². The first-order valence-corrected chi connectivity index (χ1v) is 11.3. The lowest BCUT2D eigenvalue weighted by molar-refractivity contribution is 0.0940. The third-order valence-electron chi connectivity index (χ3n) is 5.94. The van der Waals surface area contributed by atoms with Crippen LogP contribution < -0.4 is 21.9 Å². The van der Waals surface area contributed by atoms with Gasteiger partial charge in [-0.25, -0.2) is 4.68 Å². The Hall–Kier alpha value is -4.77. The number of fused-ring (bicyclic) bond motifs is 2. The molecule has 4 N–H and O–H groups in total. The van der Waals surface area contributed by atoms with Crippen molar-refractivity contribution < 1.29 is 4.79 Å². The molecular weight excluding hydrogens is 440 g/mol. The maximum absolute atomic E-state index is 13.8. The molecule has 2 aromatic carbocycles. The largest absolute Gasteiger partial charge is 0.381 e. The van der Waals surface area contributed by atoms with Crippen LogP contribution in [0.5, 0.6) is 0 Å². The molecule has 0 aliphatic carbocycles. The number of hydrogen-bond donors (Lipinski definition) is 3. The standard InChI is InChI=1S/C27H24N6O2/c1-3-9-18-10-7-11-19-16-21(33(27(35)22(18)19)20-12-5-4-6-13-20)17(2)30-26(34)23-24(28)31-32-15-8-14-29-25(23)32/h4-8,10-13,15-17,29H,14H2,1-2H3,(H2,28,31)(H,30,34). The van der Waals surface area contributed by atoms with E-state index in [1.807, 2.05) is 67.6 Å². The van der Waals surface area contributed by atoms with Gasteiger partial charge in [0.1, 0.15) is 11.4 Å². The van der Waals surface area contributed by atoms with Crippen LogP contribution in [0.1, 0.15) is 41.5 Å². The molecule has 0 saturated heterocycles. The molecule has 35 heavy (non-hydrogen) atoms. The van der Waals surface area contributed by atoms with Gasteiger partial charge in [-0.05, 0) is 49.6 Å². The number of nitrogens with one attached hydrogen (secondary N) is 2. The zero-order valence-electron chi connectivity index (χ0n) is 19.4. The van der Waals surface area contributed by atoms with Gasteiger partial charge in [-0.15, -0.1) is 11.0 Å². The van der Waals surface area contributed by atoms with E-state index in [-0.39, 0.29) is 22.8 Å². The fourth-order valence-electron chi connectivity index (χ4n) is 4.39. The topological polar surface area (TPSA) is 107 Å². The molecule has 8 nitrogen and oxygen atoms in total. The van der Waals surface area contributed by atoms with Gasteiger partial charge in [0.15, 0.2) is 5.82 Å². The monoisotopic (exact) mass is 464 g/mol. The average Bonchev–Trinajstić information content (AvgIpc) is 3.20. The van der Waals surface area contributed by atoms with Gasteiger partial charge in [-0.3, -0.25) is 14.2 Å². The first kappa shape index (κ1) is 22.0. The van der Waals surface area contributed by atoms with Crippen LogP contribution in [0.4, 0.5) is 11.6 Å². The quantitative estimate of drug-likeness (QED) is 0.401. The maximum atomic E-state index is 13.8. The van der Waals surface area contributed by atoms with Gasteiger partial charge in [0.2, 0.25) is 0 Å². The Labute approximate surface area is 202 Å². The Balaban J connectivity index is 1.64. The number of rotatable bonds is 4. The lowest BCUT2D eigenvalue weighted by atomic mass is 10.0. The zero-order chi connectivity index (χ0) is 24.5. The van der Waals surface area contributed by atoms with Crippen LogP contribution in [0.2, 0.25) is 0 Å². The van der Waals surface area contributed by atoms with E-state index in [0.29, 0.717) is 34.7 Å². The Kier molecular flexibility index (Phi) is 5.59. The number of aromatic nitrogens is 3. The van der Waals surface area contributed by atoms with Crippen LogP contribution in [0.25, 0.3) is 22.7 Å². The number of nitrogen functional groups attached to an aromatic ring is 1. The predicted molar refractivity (Wildman–Crippen MR) is 138 cm³/mol. The van der Waals surface area contributed by atoms with E-state index < -0.39 is 6.04 Å². The fraction of sp³-hybridized carbons (Fsp3) is 0.148. The summed E-state index contributed by atoms with van der Waals surface area (Å²) in [5, 5.41) is 11.7. The number of anilines is 2. The summed E-state index contributed by atoms with van der Waals surface area (Å²) >= 11 is 0. The first-order chi connectivity index (χ1) is 17.0. The SMILES string of the molecule is CC#Cc1cccc2cc(C(C)NC(=O)c3c(N)nn4c3NCC=C4)n(-c3ccccc3)c(=O)c12. The Morgan fingerprint density at radius 2 is 2.00 bits per heavy atom. The minimum atomic E-state index is -0.519. The van der Waals surface area contributed by atoms with Crippen molar-refractivity contribution in [2.24, 2.45) is 0 Å². The molecule has 1 aliphatic rings. The normalized spacial score (nSPS) is 12.9. The second-order valence-electron chi connectivity index (χ2n) is 8.20. The fourth-order valence-corrected chi connectivity index (χ4v) is 4.39. The molecule has 0 fully saturated rings. The van der Waals surface area contributed by atoms with Gasteiger partial charge in [-0.2, -0.15) is 0 Å². The lowest BCUT2D eigenvalue weighted by Crippen LogP contribution is -2.33. The second-order valence-corrected chi connectivity index (χ2v) is 8.20. The number of para-hydroxylation sites is 1. The van der Waals surface area contributed by atoms with Gasteiger partial charge < -0.3 is 16.4 Å². The van der Waals surface area contributed by atoms with Gasteiger partial charge in [0.25, 0.3) is 11.5 Å². The minimum absolute atomic E-state index is 0.130. The average molecular weight is 465 g/mol. The smallest absolute Gasteiger partial charge is 0.264 e. The van der Waals surface area contributed by atoms with Crippen molar-refractivity contribution in [3.8, 4) is 17.5 Å². The Morgan fingerprint density at radius 1 is 1.20 bits per heavy atom. The summed E-state index contributed by atoms with van der Waals surface area (Å²) in [6, 6.07) is 16.4. The number of hydrogen-bond acceptors (Lipinski definition) is 5. The van der Waals surface area contributed by atoms with Crippen molar-refractivity contribution in [1.29, 1.82) is 0 Å². The number of nitrogens with two attached hydrogens (primary N) is 1. The molecule has 1 atom stereocenters. The van der Waals surface area contributed by atoms with Crippen molar-refractivity contribution in [2.45, 2.75) is 19.9 Å². The van der Waals surface area contributed by atoms with Crippen molar-refractivity contribution in [2.75, 3.05) is 17.6 Å². The maximum Gasteiger partial charge on any atom is 0.264 e. The molecule has 5 rings (SSSR count). The van der Waals surface area contributed by atoms with E-state index in [4.69, 9.17) is 5.73 Å². The van der Waals surface area contributed by atoms with Crippen molar-refractivity contribution in [1.82, 2.24) is 19.7 Å². The summed E-state index contributed by atoms with van der Waals surface area (Å²) < 4.78 is 3.18. The predicted octanol–water partition coefficient (Wildman–Crippen LogP) is 3.53. The molecule has 0 saturated carbocycles. The summed E-state index contributed by atoms with van der Waals surface area (Å²) in [5.74, 6) is 6.21. The third kappa shape index (κ3) is 3.83. The van der Waals surface area contributed by atoms with Gasteiger partial charge in [0.05, 0.1) is 11.4 Å². The van der Waals surface area contributed by atoms with Crippen LogP contribution in [0.15, 0.2) is 65.5 Å². The van der Waals surface area contributed by atoms with E-state index in [9.17, 15) is 9.59 Å². The van der Waals surface area contributed by atoms with E-state index in [1.54, 1.807) is 22.4 Å². The highest BCUT2D eigenvalue weighted by Crippen LogP contribution is 2.27. The summed E-state index contributed by atoms with van der Waals surface area (Å²) in [6.45, 7) is 4.15. The molecule has 0 radical (unpaired) electrons. The molecule has 174 valence electrons. The van der Waals surface area contributed by atoms with Crippen molar-refractivity contribution in [3.05, 3.63) is 87.8 Å². The molecular formula is C27H24N6O2. The second kappa shape index (κ2) is 8.88. The van der Waals surface area contributed by atoms with E-state index in [2.05, 4.69) is 27.6 Å². The molecule has 3 heterocycles. The molecule has 8 heteroatoms. The highest BCUT2D eigenvalue weighted by atomic mass is 16.2. The van der Waals surface area contributed by atoms with Crippen LogP contribution in [0, 0.1) is 11.8 Å². The van der Waals surface area contributed by atoms with Crippen LogP contribution in [-0.2, 0) is 0 Å². The number of benzene rings is 2. The number of carbonyl (C=O) groups is 1. The number of carbonyl (C=O) groups excluding carboxylic acids is 1. The molecule has 1 unspecified atom stereocenters. The number of nitrogens with zero attached hydrogens (tertiary/aromatic N) is 3. The number of pyridine rings is 1. The Bertz CT molecular complexity index is 1600. The highest BCUT2D eigenvalue weighted by Gasteiger charge is 2.26. The summed E-state index contributed by atoms with van der Waals surface area (Å²) in [4.78, 5) is 27.1. The van der Waals surface area contributed by atoms with Crippen molar-refractivity contribution in [3.63, 3.8) is 0 Å². The van der Waals surface area contributed by atoms with Gasteiger partial charge >= 0.3 is 0 Å². The molecule has 0 spiro atoms. The van der Waals surface area contributed by atoms with Crippen molar-refractivity contribution >= 4 is 34.5 Å². The molecule has 1 aliphatic heterocycles. The molecule has 2 aromatic heterocycles. The van der Waals surface area contributed by atoms with Crippen LogP contribution in [-0.4, -0.2) is 26.8 Å². The summed E-state index contributed by atoms with van der Waals surface area (Å²) in [7, 11) is 0. The minimum Gasteiger partial charge on any atom is -0.381 e. The summed E-state index contributed by atoms with van der Waals surface area (Å²) in [6.07, 6.45) is 3.64. The first-order valence-electron chi connectivity index (χ1n) is 11.3. The van der Waals surface area contributed by atoms with Gasteiger partial charge in [-0.1, -0.05) is 36.3 Å². The lowest BCUT2D eigenvalue weighted by Gasteiger charge is -2.21. The van der Waals surface area contributed by atoms with E-state index in [0.717, 1.165) is 5.39 Å². The number of amides is 1. The highest BCUT2D eigenvalue weighted by molar-refractivity contribution is 6.04. The van der Waals surface area contributed by atoms with Crippen LogP contribution >= 0.6 is 0 Å². The van der Waals surface area contributed by atoms with Gasteiger partial charge in [0, 0.05) is 29.7 Å².